The maximum Gasteiger partial charge on any atom is 0.274 e. The van der Waals surface area contributed by atoms with Gasteiger partial charge in [0.2, 0.25) is 5.95 Å². The number of benzene rings is 2. The summed E-state index contributed by atoms with van der Waals surface area (Å²) >= 11 is 5.91. The second kappa shape index (κ2) is 9.32. The Morgan fingerprint density at radius 3 is 2.61 bits per heavy atom. The zero-order valence-electron chi connectivity index (χ0n) is 16.7. The fraction of sp³-hybridized carbons (Fsp3) is 0.0870. The predicted molar refractivity (Wildman–Crippen MR) is 119 cm³/mol. The van der Waals surface area contributed by atoms with Crippen molar-refractivity contribution in [3.8, 4) is 17.1 Å². The summed E-state index contributed by atoms with van der Waals surface area (Å²) in [4.78, 5) is 17.4. The van der Waals surface area contributed by atoms with Crippen LogP contribution in [-0.2, 0) is 6.54 Å². The predicted octanol–water partition coefficient (Wildman–Crippen LogP) is 5.17. The Kier molecular flexibility index (Phi) is 6.14. The number of allylic oxidation sites excluding steroid dienone is 1. The summed E-state index contributed by atoms with van der Waals surface area (Å²) in [6, 6.07) is 18.1. The van der Waals surface area contributed by atoms with Crippen molar-refractivity contribution in [1.82, 2.24) is 14.8 Å². The molecule has 0 amide bonds. The highest BCUT2D eigenvalue weighted by Gasteiger charge is 2.16. The van der Waals surface area contributed by atoms with E-state index in [1.54, 1.807) is 37.6 Å². The summed E-state index contributed by atoms with van der Waals surface area (Å²) in [7, 11) is 1.60. The first kappa shape index (κ1) is 20.4. The summed E-state index contributed by atoms with van der Waals surface area (Å²) in [5.74, 6) is 1.82. The lowest BCUT2D eigenvalue weighted by molar-refractivity contribution is 0.0957. The molecule has 0 fully saturated rings. The van der Waals surface area contributed by atoms with Crippen LogP contribution >= 0.6 is 11.6 Å². The summed E-state index contributed by atoms with van der Waals surface area (Å²) in [6.45, 7) is 0.363. The van der Waals surface area contributed by atoms with Crippen LogP contribution in [0.2, 0.25) is 5.02 Å². The summed E-state index contributed by atoms with van der Waals surface area (Å²) in [5.41, 5.74) is 1.61. The number of hydrogen-bond donors (Lipinski definition) is 1. The van der Waals surface area contributed by atoms with Crippen molar-refractivity contribution in [3.05, 3.63) is 89.3 Å². The lowest BCUT2D eigenvalue weighted by Crippen LogP contribution is -2.14. The number of hydrogen-bond acceptors (Lipinski definition) is 6. The van der Waals surface area contributed by atoms with Crippen LogP contribution in [-0.4, -0.2) is 27.8 Å². The van der Waals surface area contributed by atoms with Crippen LogP contribution in [0.3, 0.4) is 0 Å². The van der Waals surface area contributed by atoms with Crippen molar-refractivity contribution >= 4 is 29.5 Å². The number of rotatable bonds is 7. The molecule has 2 aromatic carbocycles. The minimum Gasteiger partial charge on any atom is -0.497 e. The van der Waals surface area contributed by atoms with Crippen LogP contribution in [0.15, 0.2) is 77.4 Å². The van der Waals surface area contributed by atoms with Gasteiger partial charge in [-0.25, -0.2) is 0 Å². The smallest absolute Gasteiger partial charge is 0.274 e. The standard InChI is InChI=1S/C23H19ClN4O3/c1-30-19-11-7-17(8-12-19)22-26-23(25-15-20-3-2-14-31-20)28(27-22)21(29)13-6-16-4-9-18(24)10-5-16/h2-14H,15H2,1H3,(H,25,26,27). The quantitative estimate of drug-likeness (QED) is 0.404. The second-order valence-corrected chi connectivity index (χ2v) is 6.99. The van der Waals surface area contributed by atoms with Crippen LogP contribution in [0.4, 0.5) is 5.95 Å². The van der Waals surface area contributed by atoms with Crippen molar-refractivity contribution in [2.45, 2.75) is 6.54 Å². The van der Waals surface area contributed by atoms with E-state index < -0.39 is 0 Å². The van der Waals surface area contributed by atoms with Gasteiger partial charge in [-0.1, -0.05) is 23.7 Å². The van der Waals surface area contributed by atoms with Crippen LogP contribution in [0.5, 0.6) is 5.75 Å². The number of anilines is 1. The Bertz CT molecular complexity index is 1180. The average molecular weight is 435 g/mol. The number of aromatic nitrogens is 3. The number of nitrogens with zero attached hydrogens (tertiary/aromatic N) is 3. The van der Waals surface area contributed by atoms with Crippen LogP contribution in [0.1, 0.15) is 16.1 Å². The molecule has 0 atom stereocenters. The molecular formula is C23H19ClN4O3. The fourth-order valence-electron chi connectivity index (χ4n) is 2.83. The van der Waals surface area contributed by atoms with Gasteiger partial charge < -0.3 is 14.5 Å². The monoisotopic (exact) mass is 434 g/mol. The Morgan fingerprint density at radius 1 is 1.16 bits per heavy atom. The van der Waals surface area contributed by atoms with Crippen molar-refractivity contribution in [2.75, 3.05) is 12.4 Å². The summed E-state index contributed by atoms with van der Waals surface area (Å²) in [5, 5.41) is 8.16. The SMILES string of the molecule is COc1ccc(-c2nc(NCc3ccco3)n(C(=O)C=Cc3ccc(Cl)cc3)n2)cc1. The molecule has 31 heavy (non-hydrogen) atoms. The van der Waals surface area contributed by atoms with Crippen molar-refractivity contribution in [1.29, 1.82) is 0 Å². The van der Waals surface area contributed by atoms with Gasteiger partial charge in [-0.05, 0) is 60.2 Å². The molecule has 0 unspecified atom stereocenters. The Labute approximate surface area is 183 Å². The van der Waals surface area contributed by atoms with Crippen molar-refractivity contribution in [3.63, 3.8) is 0 Å². The molecule has 0 aliphatic rings. The number of methoxy groups -OCH3 is 1. The molecule has 0 radical (unpaired) electrons. The van der Waals surface area contributed by atoms with E-state index >= 15 is 0 Å². The number of nitrogens with one attached hydrogen (secondary N) is 1. The molecular weight excluding hydrogens is 416 g/mol. The van der Waals surface area contributed by atoms with E-state index in [1.165, 1.54) is 10.8 Å². The first-order valence-corrected chi connectivity index (χ1v) is 9.86. The summed E-state index contributed by atoms with van der Waals surface area (Å²) in [6.07, 6.45) is 4.72. The zero-order valence-corrected chi connectivity index (χ0v) is 17.4. The van der Waals surface area contributed by atoms with E-state index in [0.717, 1.165) is 16.9 Å². The number of carbonyl (C=O) groups excluding carboxylic acids is 1. The van der Waals surface area contributed by atoms with Gasteiger partial charge in [0.05, 0.1) is 19.9 Å². The largest absolute Gasteiger partial charge is 0.497 e. The number of furan rings is 1. The molecule has 2 aromatic heterocycles. The third kappa shape index (κ3) is 5.02. The molecule has 0 aliphatic carbocycles. The van der Waals surface area contributed by atoms with Crippen molar-refractivity contribution in [2.24, 2.45) is 0 Å². The molecule has 1 N–H and O–H groups in total. The first-order valence-electron chi connectivity index (χ1n) is 9.48. The van der Waals surface area contributed by atoms with Gasteiger partial charge in [0.25, 0.3) is 5.91 Å². The molecule has 156 valence electrons. The van der Waals surface area contributed by atoms with E-state index in [9.17, 15) is 4.79 Å². The molecule has 2 heterocycles. The Morgan fingerprint density at radius 2 is 1.94 bits per heavy atom. The topological polar surface area (TPSA) is 82.2 Å². The number of carbonyl (C=O) groups is 1. The minimum atomic E-state index is -0.343. The van der Waals surface area contributed by atoms with E-state index in [1.807, 2.05) is 42.5 Å². The third-order valence-corrected chi connectivity index (χ3v) is 4.71. The maximum atomic E-state index is 12.9. The zero-order chi connectivity index (χ0) is 21.6. The van der Waals surface area contributed by atoms with Crippen LogP contribution < -0.4 is 10.1 Å². The maximum absolute atomic E-state index is 12.9. The van der Waals surface area contributed by atoms with Gasteiger partial charge in [-0.3, -0.25) is 4.79 Å². The number of ether oxygens (including phenoxy) is 1. The molecule has 0 saturated heterocycles. The average Bonchev–Trinajstić information content (AvgIpc) is 3.47. The molecule has 4 aromatic rings. The van der Waals surface area contributed by atoms with Gasteiger partial charge >= 0.3 is 0 Å². The highest BCUT2D eigenvalue weighted by molar-refractivity contribution is 6.30. The van der Waals surface area contributed by atoms with Crippen LogP contribution in [0, 0.1) is 0 Å². The van der Waals surface area contributed by atoms with E-state index in [2.05, 4.69) is 15.4 Å². The Balaban J connectivity index is 1.61. The summed E-state index contributed by atoms with van der Waals surface area (Å²) < 4.78 is 11.8. The highest BCUT2D eigenvalue weighted by atomic mass is 35.5. The fourth-order valence-corrected chi connectivity index (χ4v) is 2.96. The first-order chi connectivity index (χ1) is 15.1. The van der Waals surface area contributed by atoms with E-state index in [4.69, 9.17) is 20.8 Å². The molecule has 7 nitrogen and oxygen atoms in total. The van der Waals surface area contributed by atoms with Crippen molar-refractivity contribution < 1.29 is 13.9 Å². The lowest BCUT2D eigenvalue weighted by Gasteiger charge is -2.03. The van der Waals surface area contributed by atoms with Gasteiger partial charge in [0.1, 0.15) is 11.5 Å². The third-order valence-electron chi connectivity index (χ3n) is 4.45. The van der Waals surface area contributed by atoms with E-state index in [-0.39, 0.29) is 5.91 Å². The molecule has 0 spiro atoms. The highest BCUT2D eigenvalue weighted by Crippen LogP contribution is 2.22. The molecule has 4 rings (SSSR count). The normalized spacial score (nSPS) is 11.0. The number of halogens is 1. The second-order valence-electron chi connectivity index (χ2n) is 6.56. The van der Waals surface area contributed by atoms with Gasteiger partial charge in [-0.2, -0.15) is 9.67 Å². The molecule has 8 heteroatoms. The van der Waals surface area contributed by atoms with Gasteiger partial charge in [0.15, 0.2) is 5.82 Å². The van der Waals surface area contributed by atoms with Gasteiger partial charge in [0, 0.05) is 16.7 Å². The minimum absolute atomic E-state index is 0.313. The van der Waals surface area contributed by atoms with Gasteiger partial charge in [-0.15, -0.1) is 5.10 Å². The van der Waals surface area contributed by atoms with Crippen LogP contribution in [0.25, 0.3) is 17.5 Å². The molecule has 0 aliphatic heterocycles. The Hall–Kier alpha value is -3.84. The molecule has 0 saturated carbocycles. The molecule has 0 bridgehead atoms. The van der Waals surface area contributed by atoms with E-state index in [0.29, 0.717) is 29.1 Å². The lowest BCUT2D eigenvalue weighted by atomic mass is 10.2.